The van der Waals surface area contributed by atoms with Crippen LogP contribution in [-0.4, -0.2) is 57.1 Å². The van der Waals surface area contributed by atoms with Crippen LogP contribution in [0.4, 0.5) is 11.4 Å². The lowest BCUT2D eigenvalue weighted by atomic mass is 9.95. The van der Waals surface area contributed by atoms with E-state index in [0.29, 0.717) is 30.2 Å². The van der Waals surface area contributed by atoms with Crippen molar-refractivity contribution in [3.63, 3.8) is 0 Å². The maximum absolute atomic E-state index is 13.0. The molecule has 0 radical (unpaired) electrons. The van der Waals surface area contributed by atoms with E-state index in [1.807, 2.05) is 49.9 Å². The van der Waals surface area contributed by atoms with E-state index >= 15 is 0 Å². The SMILES string of the molecule is COc1cc(OC)cc(C(=O)N2CCN(c3ccc(NC(=O)C(C)(C)C)cc3)CC2)c1. The largest absolute Gasteiger partial charge is 0.497 e. The van der Waals surface area contributed by atoms with E-state index < -0.39 is 5.41 Å². The van der Waals surface area contributed by atoms with Gasteiger partial charge in [-0.15, -0.1) is 0 Å². The fourth-order valence-corrected chi connectivity index (χ4v) is 3.36. The van der Waals surface area contributed by atoms with E-state index in [1.54, 1.807) is 32.4 Å². The Labute approximate surface area is 183 Å². The highest BCUT2D eigenvalue weighted by molar-refractivity contribution is 5.95. The summed E-state index contributed by atoms with van der Waals surface area (Å²) in [7, 11) is 3.14. The Morgan fingerprint density at radius 2 is 1.42 bits per heavy atom. The number of rotatable bonds is 5. The Bertz CT molecular complexity index is 905. The molecule has 0 unspecified atom stereocenters. The van der Waals surface area contributed by atoms with Crippen molar-refractivity contribution in [2.45, 2.75) is 20.8 Å². The molecule has 0 saturated carbocycles. The Balaban J connectivity index is 1.60. The number of methoxy groups -OCH3 is 2. The van der Waals surface area contributed by atoms with E-state index in [2.05, 4.69) is 10.2 Å². The third-order valence-corrected chi connectivity index (χ3v) is 5.34. The zero-order chi connectivity index (χ0) is 22.6. The summed E-state index contributed by atoms with van der Waals surface area (Å²) in [5, 5.41) is 2.94. The molecule has 166 valence electrons. The second-order valence-corrected chi connectivity index (χ2v) is 8.63. The lowest BCUT2D eigenvalue weighted by Gasteiger charge is -2.36. The number of nitrogens with zero attached hydrogens (tertiary/aromatic N) is 2. The monoisotopic (exact) mass is 425 g/mol. The molecule has 1 aliphatic heterocycles. The third-order valence-electron chi connectivity index (χ3n) is 5.34. The van der Waals surface area contributed by atoms with Gasteiger partial charge >= 0.3 is 0 Å². The molecular weight excluding hydrogens is 394 g/mol. The Morgan fingerprint density at radius 3 is 1.90 bits per heavy atom. The van der Waals surface area contributed by atoms with Crippen molar-refractivity contribution in [2.75, 3.05) is 50.6 Å². The van der Waals surface area contributed by atoms with Gasteiger partial charge in [0, 0.05) is 54.6 Å². The summed E-state index contributed by atoms with van der Waals surface area (Å²) in [4.78, 5) is 29.2. The molecular formula is C24H31N3O4. The number of carbonyl (C=O) groups excluding carboxylic acids is 2. The fourth-order valence-electron chi connectivity index (χ4n) is 3.36. The first-order chi connectivity index (χ1) is 14.7. The maximum Gasteiger partial charge on any atom is 0.254 e. The lowest BCUT2D eigenvalue weighted by Crippen LogP contribution is -2.48. The number of carbonyl (C=O) groups is 2. The molecule has 1 saturated heterocycles. The van der Waals surface area contributed by atoms with Gasteiger partial charge in [0.1, 0.15) is 11.5 Å². The van der Waals surface area contributed by atoms with Crippen molar-refractivity contribution < 1.29 is 19.1 Å². The second kappa shape index (κ2) is 9.29. The summed E-state index contributed by atoms with van der Waals surface area (Å²) in [6.45, 7) is 8.39. The van der Waals surface area contributed by atoms with Gasteiger partial charge in [0.05, 0.1) is 14.2 Å². The first-order valence-electron chi connectivity index (χ1n) is 10.4. The van der Waals surface area contributed by atoms with Crippen LogP contribution in [0.15, 0.2) is 42.5 Å². The normalized spacial score (nSPS) is 14.2. The van der Waals surface area contributed by atoms with Gasteiger partial charge in [0.2, 0.25) is 5.91 Å². The molecule has 1 N–H and O–H groups in total. The van der Waals surface area contributed by atoms with Gasteiger partial charge in [-0.2, -0.15) is 0 Å². The van der Waals surface area contributed by atoms with Gasteiger partial charge in [0.15, 0.2) is 0 Å². The minimum Gasteiger partial charge on any atom is -0.497 e. The van der Waals surface area contributed by atoms with Gasteiger partial charge in [-0.1, -0.05) is 20.8 Å². The molecule has 0 spiro atoms. The molecule has 2 aromatic carbocycles. The molecule has 2 amide bonds. The average Bonchev–Trinajstić information content (AvgIpc) is 2.78. The van der Waals surface area contributed by atoms with Crippen molar-refractivity contribution in [2.24, 2.45) is 5.41 Å². The number of anilines is 2. The molecule has 0 atom stereocenters. The van der Waals surface area contributed by atoms with E-state index in [0.717, 1.165) is 24.5 Å². The molecule has 2 aromatic rings. The van der Waals surface area contributed by atoms with Gasteiger partial charge in [0.25, 0.3) is 5.91 Å². The van der Waals surface area contributed by atoms with Gasteiger partial charge in [-0.25, -0.2) is 0 Å². The summed E-state index contributed by atoms with van der Waals surface area (Å²) >= 11 is 0. The van der Waals surface area contributed by atoms with Crippen molar-refractivity contribution in [3.05, 3.63) is 48.0 Å². The molecule has 31 heavy (non-hydrogen) atoms. The third kappa shape index (κ3) is 5.48. The smallest absolute Gasteiger partial charge is 0.254 e. The molecule has 0 aromatic heterocycles. The average molecular weight is 426 g/mol. The van der Waals surface area contributed by atoms with E-state index in [1.165, 1.54) is 0 Å². The topological polar surface area (TPSA) is 71.1 Å². The highest BCUT2D eigenvalue weighted by Crippen LogP contribution is 2.25. The minimum atomic E-state index is -0.436. The highest BCUT2D eigenvalue weighted by atomic mass is 16.5. The van der Waals surface area contributed by atoms with E-state index in [4.69, 9.17) is 9.47 Å². The van der Waals surface area contributed by atoms with Crippen molar-refractivity contribution in [1.82, 2.24) is 4.90 Å². The van der Waals surface area contributed by atoms with Crippen LogP contribution in [-0.2, 0) is 4.79 Å². The van der Waals surface area contributed by atoms with E-state index in [9.17, 15) is 9.59 Å². The summed E-state index contributed by atoms with van der Waals surface area (Å²) < 4.78 is 10.6. The molecule has 0 bridgehead atoms. The van der Waals surface area contributed by atoms with Crippen LogP contribution in [0.25, 0.3) is 0 Å². The first-order valence-corrected chi connectivity index (χ1v) is 10.4. The number of benzene rings is 2. The van der Waals surface area contributed by atoms with Crippen molar-refractivity contribution in [3.8, 4) is 11.5 Å². The maximum atomic E-state index is 13.0. The summed E-state index contributed by atoms with van der Waals surface area (Å²) in [6.07, 6.45) is 0. The molecule has 7 heteroatoms. The van der Waals surface area contributed by atoms with Crippen LogP contribution in [0.5, 0.6) is 11.5 Å². The molecule has 1 heterocycles. The van der Waals surface area contributed by atoms with Crippen LogP contribution in [0.3, 0.4) is 0 Å². The lowest BCUT2D eigenvalue weighted by molar-refractivity contribution is -0.123. The summed E-state index contributed by atoms with van der Waals surface area (Å²) in [5.74, 6) is 1.15. The molecule has 1 aliphatic rings. The van der Waals surface area contributed by atoms with Crippen molar-refractivity contribution in [1.29, 1.82) is 0 Å². The number of nitrogens with one attached hydrogen (secondary N) is 1. The molecule has 3 rings (SSSR count). The van der Waals surface area contributed by atoms with Crippen LogP contribution >= 0.6 is 0 Å². The van der Waals surface area contributed by atoms with Crippen LogP contribution in [0.2, 0.25) is 0 Å². The van der Waals surface area contributed by atoms with E-state index in [-0.39, 0.29) is 11.8 Å². The van der Waals surface area contributed by atoms with Gasteiger partial charge < -0.3 is 24.6 Å². The fraction of sp³-hybridized carbons (Fsp3) is 0.417. The molecule has 1 fully saturated rings. The first kappa shape index (κ1) is 22.5. The van der Waals surface area contributed by atoms with Crippen LogP contribution in [0, 0.1) is 5.41 Å². The van der Waals surface area contributed by atoms with Gasteiger partial charge in [-0.05, 0) is 36.4 Å². The predicted octanol–water partition coefficient (Wildman–Crippen LogP) is 3.65. The minimum absolute atomic E-state index is 0.0125. The molecule has 0 aliphatic carbocycles. The summed E-state index contributed by atoms with van der Waals surface area (Å²) in [5.41, 5.74) is 1.98. The quantitative estimate of drug-likeness (QED) is 0.792. The number of amides is 2. The highest BCUT2D eigenvalue weighted by Gasteiger charge is 2.24. The second-order valence-electron chi connectivity index (χ2n) is 8.63. The van der Waals surface area contributed by atoms with Crippen LogP contribution in [0.1, 0.15) is 31.1 Å². The summed E-state index contributed by atoms with van der Waals surface area (Å²) in [6, 6.07) is 13.1. The Morgan fingerprint density at radius 1 is 0.871 bits per heavy atom. The van der Waals surface area contributed by atoms with Gasteiger partial charge in [-0.3, -0.25) is 9.59 Å². The standard InChI is InChI=1S/C24H31N3O4/c1-24(2,3)23(29)25-18-6-8-19(9-7-18)26-10-12-27(13-11-26)22(28)17-14-20(30-4)16-21(15-17)31-5/h6-9,14-16H,10-13H2,1-5H3,(H,25,29). The number of hydrogen-bond donors (Lipinski definition) is 1. The number of hydrogen-bond acceptors (Lipinski definition) is 5. The van der Waals surface area contributed by atoms with Crippen LogP contribution < -0.4 is 19.7 Å². The Kier molecular flexibility index (Phi) is 6.73. The Hall–Kier alpha value is -3.22. The number of ether oxygens (including phenoxy) is 2. The zero-order valence-electron chi connectivity index (χ0n) is 18.9. The predicted molar refractivity (Wildman–Crippen MR) is 122 cm³/mol. The van der Waals surface area contributed by atoms with Crippen molar-refractivity contribution >= 4 is 23.2 Å². The number of piperazine rings is 1. The zero-order valence-corrected chi connectivity index (χ0v) is 18.9. The molecule has 7 nitrogen and oxygen atoms in total.